The number of aliphatic carboxylic acids is 1. The van der Waals surface area contributed by atoms with Crippen molar-refractivity contribution < 1.29 is 24.5 Å². The summed E-state index contributed by atoms with van der Waals surface area (Å²) in [5.74, 6) is -1.24. The molecule has 0 aromatic heterocycles. The van der Waals surface area contributed by atoms with Gasteiger partial charge in [-0.25, -0.2) is 4.79 Å². The van der Waals surface area contributed by atoms with Crippen LogP contribution in [0.15, 0.2) is 48.5 Å². The predicted molar refractivity (Wildman–Crippen MR) is 91.4 cm³/mol. The van der Waals surface area contributed by atoms with E-state index in [9.17, 15) is 9.59 Å². The number of fused-ring (bicyclic) bond motifs is 3. The Morgan fingerprint density at radius 3 is 2.08 bits per heavy atom. The molecule has 0 spiro atoms. The van der Waals surface area contributed by atoms with Gasteiger partial charge in [-0.2, -0.15) is 0 Å². The SMILES string of the molecule is O=C(O)CN(CCO)C(=O)OCC1c2ccccc2-c2ccccc21. The fourth-order valence-corrected chi connectivity index (χ4v) is 3.20. The smallest absolute Gasteiger partial charge is 0.410 e. The molecule has 1 aliphatic carbocycles. The molecule has 2 N–H and O–H groups in total. The van der Waals surface area contributed by atoms with Crippen molar-refractivity contribution in [1.29, 1.82) is 0 Å². The zero-order valence-corrected chi connectivity index (χ0v) is 13.6. The molecule has 2 aromatic carbocycles. The molecular formula is C19H19NO5. The highest BCUT2D eigenvalue weighted by molar-refractivity contribution is 5.79. The molecule has 0 fully saturated rings. The maximum absolute atomic E-state index is 12.2. The molecule has 0 heterocycles. The van der Waals surface area contributed by atoms with Crippen LogP contribution in [0.25, 0.3) is 11.1 Å². The number of hydrogen-bond donors (Lipinski definition) is 2. The van der Waals surface area contributed by atoms with Crippen LogP contribution in [0.2, 0.25) is 0 Å². The number of benzene rings is 2. The minimum atomic E-state index is -1.15. The average Bonchev–Trinajstić information content (AvgIpc) is 2.93. The molecule has 3 rings (SSSR count). The maximum Gasteiger partial charge on any atom is 0.410 e. The molecule has 0 unspecified atom stereocenters. The molecule has 6 nitrogen and oxygen atoms in total. The number of carboxylic acid groups (broad SMARTS) is 1. The molecular weight excluding hydrogens is 322 g/mol. The number of carbonyl (C=O) groups is 2. The lowest BCUT2D eigenvalue weighted by molar-refractivity contribution is -0.138. The van der Waals surface area contributed by atoms with Crippen LogP contribution in [0, 0.1) is 0 Å². The van der Waals surface area contributed by atoms with Gasteiger partial charge in [-0.1, -0.05) is 48.5 Å². The van der Waals surface area contributed by atoms with Crippen LogP contribution in [-0.2, 0) is 9.53 Å². The predicted octanol–water partition coefficient (Wildman–Crippen LogP) is 2.31. The molecule has 0 aliphatic heterocycles. The van der Waals surface area contributed by atoms with Gasteiger partial charge < -0.3 is 14.9 Å². The van der Waals surface area contributed by atoms with Crippen LogP contribution < -0.4 is 0 Å². The highest BCUT2D eigenvalue weighted by Crippen LogP contribution is 2.44. The van der Waals surface area contributed by atoms with Gasteiger partial charge in [0.05, 0.1) is 6.61 Å². The maximum atomic E-state index is 12.2. The van der Waals surface area contributed by atoms with Crippen molar-refractivity contribution >= 4 is 12.1 Å². The Bertz CT molecular complexity index is 743. The first-order chi connectivity index (χ1) is 12.1. The van der Waals surface area contributed by atoms with Gasteiger partial charge in [-0.05, 0) is 22.3 Å². The highest BCUT2D eigenvalue weighted by Gasteiger charge is 2.29. The molecule has 0 saturated carbocycles. The third-order valence-electron chi connectivity index (χ3n) is 4.29. The normalized spacial score (nSPS) is 12.4. The Hall–Kier alpha value is -2.86. The number of nitrogens with zero attached hydrogens (tertiary/aromatic N) is 1. The van der Waals surface area contributed by atoms with Crippen molar-refractivity contribution in [2.75, 3.05) is 26.3 Å². The van der Waals surface area contributed by atoms with E-state index in [0.717, 1.165) is 27.2 Å². The molecule has 0 radical (unpaired) electrons. The van der Waals surface area contributed by atoms with E-state index in [0.29, 0.717) is 0 Å². The molecule has 25 heavy (non-hydrogen) atoms. The fraction of sp³-hybridized carbons (Fsp3) is 0.263. The second-order valence-electron chi connectivity index (χ2n) is 5.84. The number of carbonyl (C=O) groups excluding carboxylic acids is 1. The first-order valence-electron chi connectivity index (χ1n) is 8.04. The van der Waals surface area contributed by atoms with Crippen LogP contribution in [0.1, 0.15) is 17.0 Å². The minimum Gasteiger partial charge on any atom is -0.480 e. The van der Waals surface area contributed by atoms with E-state index >= 15 is 0 Å². The molecule has 1 amide bonds. The summed E-state index contributed by atoms with van der Waals surface area (Å²) in [6.45, 7) is -0.786. The highest BCUT2D eigenvalue weighted by atomic mass is 16.6. The van der Waals surface area contributed by atoms with Crippen molar-refractivity contribution in [2.24, 2.45) is 0 Å². The summed E-state index contributed by atoms with van der Waals surface area (Å²) in [5.41, 5.74) is 4.42. The van der Waals surface area contributed by atoms with E-state index in [1.54, 1.807) is 0 Å². The zero-order valence-electron chi connectivity index (χ0n) is 13.6. The van der Waals surface area contributed by atoms with E-state index in [1.165, 1.54) is 0 Å². The number of aliphatic hydroxyl groups excluding tert-OH is 1. The summed E-state index contributed by atoms with van der Waals surface area (Å²) in [6, 6.07) is 15.9. The zero-order chi connectivity index (χ0) is 17.8. The molecule has 1 aliphatic rings. The largest absolute Gasteiger partial charge is 0.480 e. The van der Waals surface area contributed by atoms with E-state index in [1.807, 2.05) is 48.5 Å². The standard InChI is InChI=1S/C19H19NO5/c21-10-9-20(11-18(22)23)19(24)25-12-17-15-7-3-1-5-13(15)14-6-2-4-8-16(14)17/h1-8,17,21H,9-12H2,(H,22,23). The number of aliphatic hydroxyl groups is 1. The van der Waals surface area contributed by atoms with Crippen LogP contribution in [0.3, 0.4) is 0 Å². The lowest BCUT2D eigenvalue weighted by Crippen LogP contribution is -2.38. The van der Waals surface area contributed by atoms with E-state index < -0.39 is 18.6 Å². The van der Waals surface area contributed by atoms with Gasteiger partial charge in [0.2, 0.25) is 0 Å². The van der Waals surface area contributed by atoms with E-state index in [2.05, 4.69) is 0 Å². The van der Waals surface area contributed by atoms with Crippen LogP contribution in [-0.4, -0.2) is 53.5 Å². The molecule has 6 heteroatoms. The molecule has 0 saturated heterocycles. The number of hydrogen-bond acceptors (Lipinski definition) is 4. The first-order valence-corrected chi connectivity index (χ1v) is 8.04. The number of ether oxygens (including phenoxy) is 1. The van der Waals surface area contributed by atoms with Crippen molar-refractivity contribution in [3.63, 3.8) is 0 Å². The fourth-order valence-electron chi connectivity index (χ4n) is 3.20. The second kappa shape index (κ2) is 7.36. The van der Waals surface area contributed by atoms with Gasteiger partial charge in [0, 0.05) is 12.5 Å². The Morgan fingerprint density at radius 1 is 1.00 bits per heavy atom. The van der Waals surface area contributed by atoms with Gasteiger partial charge in [0.1, 0.15) is 13.2 Å². The molecule has 2 aromatic rings. The van der Waals surface area contributed by atoms with E-state index in [4.69, 9.17) is 14.9 Å². The van der Waals surface area contributed by atoms with Gasteiger partial charge in [-0.3, -0.25) is 9.69 Å². The topological polar surface area (TPSA) is 87.1 Å². The summed E-state index contributed by atoms with van der Waals surface area (Å²) in [4.78, 5) is 24.0. The number of rotatable bonds is 6. The Kier molecular flexibility index (Phi) is 5.00. The van der Waals surface area contributed by atoms with Gasteiger partial charge in [0.15, 0.2) is 0 Å². The van der Waals surface area contributed by atoms with Crippen molar-refractivity contribution in [2.45, 2.75) is 5.92 Å². The van der Waals surface area contributed by atoms with Crippen molar-refractivity contribution in [1.82, 2.24) is 4.90 Å². The van der Waals surface area contributed by atoms with E-state index in [-0.39, 0.29) is 25.7 Å². The third-order valence-corrected chi connectivity index (χ3v) is 4.29. The molecule has 0 bridgehead atoms. The first kappa shape index (κ1) is 17.0. The number of amides is 1. The van der Waals surface area contributed by atoms with Crippen molar-refractivity contribution in [3.05, 3.63) is 59.7 Å². The second-order valence-corrected chi connectivity index (χ2v) is 5.84. The van der Waals surface area contributed by atoms with Crippen LogP contribution in [0.5, 0.6) is 0 Å². The number of carboxylic acids is 1. The summed E-state index contributed by atoms with van der Waals surface area (Å²) in [5, 5.41) is 17.9. The lowest BCUT2D eigenvalue weighted by Gasteiger charge is -2.21. The van der Waals surface area contributed by atoms with Crippen molar-refractivity contribution in [3.8, 4) is 11.1 Å². The third kappa shape index (κ3) is 3.49. The molecule has 0 atom stereocenters. The molecule has 130 valence electrons. The Labute approximate surface area is 145 Å². The summed E-state index contributed by atoms with van der Waals surface area (Å²) < 4.78 is 5.37. The van der Waals surface area contributed by atoms with Gasteiger partial charge in [0.25, 0.3) is 0 Å². The lowest BCUT2D eigenvalue weighted by atomic mass is 9.98. The quantitative estimate of drug-likeness (QED) is 0.842. The summed E-state index contributed by atoms with van der Waals surface area (Å²) in [7, 11) is 0. The monoisotopic (exact) mass is 341 g/mol. The average molecular weight is 341 g/mol. The van der Waals surface area contributed by atoms with Gasteiger partial charge in [-0.15, -0.1) is 0 Å². The Morgan fingerprint density at radius 2 is 1.56 bits per heavy atom. The summed E-state index contributed by atoms with van der Waals surface area (Å²) in [6.07, 6.45) is -0.738. The van der Waals surface area contributed by atoms with Gasteiger partial charge >= 0.3 is 12.1 Å². The Balaban J connectivity index is 1.77. The summed E-state index contributed by atoms with van der Waals surface area (Å²) >= 11 is 0. The minimum absolute atomic E-state index is 0.0804. The van der Waals surface area contributed by atoms with Crippen LogP contribution in [0.4, 0.5) is 4.79 Å². The van der Waals surface area contributed by atoms with Crippen LogP contribution >= 0.6 is 0 Å².